The maximum absolute atomic E-state index is 5.76. The SMILES string of the molecule is CCNC(=NCC(C)N1CCCC(C)C1)NCCCOCC1CCOC1.I. The molecule has 0 amide bonds. The molecule has 27 heavy (non-hydrogen) atoms. The summed E-state index contributed by atoms with van der Waals surface area (Å²) in [5.41, 5.74) is 0. The fourth-order valence-corrected chi connectivity index (χ4v) is 3.65. The summed E-state index contributed by atoms with van der Waals surface area (Å²) >= 11 is 0. The molecule has 3 atom stereocenters. The number of halogens is 1. The van der Waals surface area contributed by atoms with Crippen molar-refractivity contribution in [3.05, 3.63) is 0 Å². The molecule has 6 nitrogen and oxygen atoms in total. The third-order valence-electron chi connectivity index (χ3n) is 5.31. The minimum atomic E-state index is 0. The van der Waals surface area contributed by atoms with Crippen LogP contribution in [0.5, 0.6) is 0 Å². The number of piperidine rings is 1. The van der Waals surface area contributed by atoms with Crippen molar-refractivity contribution < 1.29 is 9.47 Å². The predicted octanol–water partition coefficient (Wildman–Crippen LogP) is 2.72. The van der Waals surface area contributed by atoms with Crippen LogP contribution in [0.2, 0.25) is 0 Å². The highest BCUT2D eigenvalue weighted by atomic mass is 127. The van der Waals surface area contributed by atoms with Crippen molar-refractivity contribution in [2.75, 3.05) is 59.2 Å². The molecular weight excluding hydrogens is 455 g/mol. The summed E-state index contributed by atoms with van der Waals surface area (Å²) in [7, 11) is 0. The molecule has 0 aromatic carbocycles. The van der Waals surface area contributed by atoms with E-state index in [4.69, 9.17) is 14.5 Å². The van der Waals surface area contributed by atoms with E-state index in [0.717, 1.165) is 70.8 Å². The van der Waals surface area contributed by atoms with Crippen molar-refractivity contribution in [2.45, 2.75) is 52.5 Å². The highest BCUT2D eigenvalue weighted by Gasteiger charge is 2.20. The molecule has 2 fully saturated rings. The molecule has 2 heterocycles. The number of hydrogen-bond donors (Lipinski definition) is 2. The topological polar surface area (TPSA) is 58.1 Å². The Morgan fingerprint density at radius 1 is 1.33 bits per heavy atom. The van der Waals surface area contributed by atoms with Gasteiger partial charge in [-0.1, -0.05) is 6.92 Å². The van der Waals surface area contributed by atoms with Crippen LogP contribution < -0.4 is 10.6 Å². The van der Waals surface area contributed by atoms with Crippen LogP contribution in [0.15, 0.2) is 4.99 Å². The van der Waals surface area contributed by atoms with Gasteiger partial charge in [0.1, 0.15) is 0 Å². The zero-order chi connectivity index (χ0) is 18.6. The van der Waals surface area contributed by atoms with Gasteiger partial charge < -0.3 is 20.1 Å². The molecule has 0 spiro atoms. The third kappa shape index (κ3) is 10.3. The minimum absolute atomic E-state index is 0. The molecule has 2 aliphatic rings. The number of likely N-dealkylation sites (tertiary alicyclic amines) is 1. The van der Waals surface area contributed by atoms with Crippen LogP contribution >= 0.6 is 24.0 Å². The third-order valence-corrected chi connectivity index (χ3v) is 5.31. The highest BCUT2D eigenvalue weighted by molar-refractivity contribution is 14.0. The van der Waals surface area contributed by atoms with Crippen molar-refractivity contribution in [1.82, 2.24) is 15.5 Å². The number of nitrogens with zero attached hydrogens (tertiary/aromatic N) is 2. The van der Waals surface area contributed by atoms with E-state index in [1.165, 1.54) is 25.9 Å². The molecule has 3 unspecified atom stereocenters. The standard InChI is InChI=1S/C20H40N4O2.HI/c1-4-21-20(22-9-6-11-25-15-19-8-12-26-16-19)23-13-18(3)24-10-5-7-17(2)14-24;/h17-19H,4-16H2,1-3H3,(H2,21,22,23);1H. The Morgan fingerprint density at radius 2 is 2.19 bits per heavy atom. The van der Waals surface area contributed by atoms with E-state index in [9.17, 15) is 0 Å². The quantitative estimate of drug-likeness (QED) is 0.211. The summed E-state index contributed by atoms with van der Waals surface area (Å²) in [6, 6.07) is 0.505. The fraction of sp³-hybridized carbons (Fsp3) is 0.950. The maximum atomic E-state index is 5.76. The minimum Gasteiger partial charge on any atom is -0.381 e. The molecule has 2 aliphatic heterocycles. The predicted molar refractivity (Wildman–Crippen MR) is 123 cm³/mol. The Bertz CT molecular complexity index is 405. The highest BCUT2D eigenvalue weighted by Crippen LogP contribution is 2.17. The fourth-order valence-electron chi connectivity index (χ4n) is 3.65. The maximum Gasteiger partial charge on any atom is 0.191 e. The molecule has 0 aromatic heterocycles. The van der Waals surface area contributed by atoms with Gasteiger partial charge in [0.25, 0.3) is 0 Å². The molecule has 0 aliphatic carbocycles. The van der Waals surface area contributed by atoms with Crippen LogP contribution in [0.3, 0.4) is 0 Å². The van der Waals surface area contributed by atoms with Gasteiger partial charge in [-0.3, -0.25) is 9.89 Å². The average molecular weight is 496 g/mol. The second-order valence-corrected chi connectivity index (χ2v) is 7.90. The second-order valence-electron chi connectivity index (χ2n) is 7.90. The molecule has 0 bridgehead atoms. The van der Waals surface area contributed by atoms with Gasteiger partial charge >= 0.3 is 0 Å². The van der Waals surface area contributed by atoms with Crippen LogP contribution in [0.4, 0.5) is 0 Å². The molecule has 0 aromatic rings. The van der Waals surface area contributed by atoms with Crippen LogP contribution in [-0.4, -0.2) is 76.1 Å². The Labute approximate surface area is 183 Å². The smallest absolute Gasteiger partial charge is 0.191 e. The van der Waals surface area contributed by atoms with Gasteiger partial charge in [-0.25, -0.2) is 0 Å². The lowest BCUT2D eigenvalue weighted by Gasteiger charge is -2.35. The Balaban J connectivity index is 0.00000364. The Morgan fingerprint density at radius 3 is 2.89 bits per heavy atom. The van der Waals surface area contributed by atoms with Crippen LogP contribution in [0.1, 0.15) is 46.5 Å². The van der Waals surface area contributed by atoms with Gasteiger partial charge in [0.05, 0.1) is 19.8 Å². The normalized spacial score (nSPS) is 25.1. The lowest BCUT2D eigenvalue weighted by atomic mass is 9.99. The van der Waals surface area contributed by atoms with Crippen molar-refractivity contribution in [3.63, 3.8) is 0 Å². The Hall–Kier alpha value is -0.120. The monoisotopic (exact) mass is 496 g/mol. The molecule has 7 heteroatoms. The second kappa shape index (κ2) is 14.8. The van der Waals surface area contributed by atoms with Crippen LogP contribution in [0, 0.1) is 11.8 Å². The average Bonchev–Trinajstić information content (AvgIpc) is 3.15. The van der Waals surface area contributed by atoms with Gasteiger partial charge in [0.15, 0.2) is 5.96 Å². The first-order valence-corrected chi connectivity index (χ1v) is 10.6. The first-order valence-electron chi connectivity index (χ1n) is 10.6. The van der Waals surface area contributed by atoms with Gasteiger partial charge in [0.2, 0.25) is 0 Å². The van der Waals surface area contributed by atoms with Crippen molar-refractivity contribution in [3.8, 4) is 0 Å². The summed E-state index contributed by atoms with van der Waals surface area (Å²) in [6.45, 7) is 15.2. The number of guanidine groups is 1. The van der Waals surface area contributed by atoms with Crippen molar-refractivity contribution >= 4 is 29.9 Å². The molecule has 0 saturated carbocycles. The molecule has 2 N–H and O–H groups in total. The van der Waals surface area contributed by atoms with E-state index in [-0.39, 0.29) is 24.0 Å². The van der Waals surface area contributed by atoms with Gasteiger partial charge in [-0.2, -0.15) is 0 Å². The molecule has 2 rings (SSSR count). The van der Waals surface area contributed by atoms with Gasteiger partial charge in [-0.05, 0) is 52.0 Å². The summed E-state index contributed by atoms with van der Waals surface area (Å²) in [5.74, 6) is 2.34. The summed E-state index contributed by atoms with van der Waals surface area (Å²) < 4.78 is 11.1. The first kappa shape index (κ1) is 24.9. The lowest BCUT2D eigenvalue weighted by molar-refractivity contribution is 0.0888. The van der Waals surface area contributed by atoms with E-state index >= 15 is 0 Å². The van der Waals surface area contributed by atoms with E-state index < -0.39 is 0 Å². The number of nitrogens with one attached hydrogen (secondary N) is 2. The summed E-state index contributed by atoms with van der Waals surface area (Å²) in [5, 5.41) is 6.78. The largest absolute Gasteiger partial charge is 0.381 e. The van der Waals surface area contributed by atoms with Crippen molar-refractivity contribution in [2.24, 2.45) is 16.8 Å². The van der Waals surface area contributed by atoms with E-state index in [1.807, 2.05) is 0 Å². The molecule has 0 radical (unpaired) electrons. The molecule has 2 saturated heterocycles. The number of rotatable bonds is 10. The van der Waals surface area contributed by atoms with E-state index in [0.29, 0.717) is 12.0 Å². The van der Waals surface area contributed by atoms with Gasteiger partial charge in [-0.15, -0.1) is 24.0 Å². The van der Waals surface area contributed by atoms with Crippen molar-refractivity contribution in [1.29, 1.82) is 0 Å². The summed E-state index contributed by atoms with van der Waals surface area (Å²) in [6.07, 6.45) is 4.83. The number of aliphatic imine (C=N–C) groups is 1. The molecular formula is C20H41IN4O2. The zero-order valence-corrected chi connectivity index (χ0v) is 19.9. The lowest BCUT2D eigenvalue weighted by Crippen LogP contribution is -2.43. The molecule has 160 valence electrons. The first-order chi connectivity index (χ1) is 12.7. The van der Waals surface area contributed by atoms with E-state index in [2.05, 4.69) is 36.3 Å². The number of hydrogen-bond acceptors (Lipinski definition) is 4. The summed E-state index contributed by atoms with van der Waals surface area (Å²) in [4.78, 5) is 7.37. The van der Waals surface area contributed by atoms with Crippen LogP contribution in [-0.2, 0) is 9.47 Å². The van der Waals surface area contributed by atoms with E-state index in [1.54, 1.807) is 0 Å². The zero-order valence-electron chi connectivity index (χ0n) is 17.5. The Kier molecular flexibility index (Phi) is 13.7. The van der Waals surface area contributed by atoms with Gasteiger partial charge in [0, 0.05) is 44.8 Å². The van der Waals surface area contributed by atoms with Crippen LogP contribution in [0.25, 0.3) is 0 Å². The number of ether oxygens (including phenoxy) is 2.